The van der Waals surface area contributed by atoms with Crippen LogP contribution < -0.4 is 9.80 Å². The highest BCUT2D eigenvalue weighted by atomic mass is 15.1. The fourth-order valence-electron chi connectivity index (χ4n) is 10.6. The summed E-state index contributed by atoms with van der Waals surface area (Å²) in [6.45, 7) is 13.9. The molecule has 2 heteroatoms. The van der Waals surface area contributed by atoms with E-state index in [0.717, 1.165) is 28.4 Å². The van der Waals surface area contributed by atoms with Gasteiger partial charge in [-0.25, -0.2) is 0 Å². The van der Waals surface area contributed by atoms with Crippen LogP contribution in [0.15, 0.2) is 224 Å². The highest BCUT2D eigenvalue weighted by molar-refractivity contribution is 5.88. The SMILES string of the molecule is CC1=C(C)C(C)(C)c2cc(N(c3ccccc3)c3cccc(-c4ccc(-c5ccc(-c6cccc(N(c7ccccc7)c7ccc8c(c7)C(C)(C)c7ccccc7-8)c6)cc5)cc4)c3)ccc21. The van der Waals surface area contributed by atoms with Crippen LogP contribution in [0.3, 0.4) is 0 Å². The van der Waals surface area contributed by atoms with Gasteiger partial charge in [-0.05, 0) is 159 Å². The largest absolute Gasteiger partial charge is 0.310 e. The molecule has 0 aliphatic heterocycles. The summed E-state index contributed by atoms with van der Waals surface area (Å²) in [4.78, 5) is 4.78. The molecule has 0 spiro atoms. The van der Waals surface area contributed by atoms with Crippen LogP contribution >= 0.6 is 0 Å². The fraction of sp³-hybridized carbons (Fsp3) is 0.125. The molecular weight excluding hydrogens is 797 g/mol. The highest BCUT2D eigenvalue weighted by Crippen LogP contribution is 2.51. The molecule has 2 nitrogen and oxygen atoms in total. The Balaban J connectivity index is 0.866. The Bertz CT molecular complexity index is 3300. The van der Waals surface area contributed by atoms with E-state index in [1.54, 1.807) is 0 Å². The van der Waals surface area contributed by atoms with Gasteiger partial charge in [-0.2, -0.15) is 0 Å². The highest BCUT2D eigenvalue weighted by Gasteiger charge is 2.36. The van der Waals surface area contributed by atoms with E-state index in [-0.39, 0.29) is 10.8 Å². The van der Waals surface area contributed by atoms with E-state index in [9.17, 15) is 0 Å². The maximum absolute atomic E-state index is 2.40. The van der Waals surface area contributed by atoms with E-state index < -0.39 is 0 Å². The molecule has 0 heterocycles. The number of nitrogens with zero attached hydrogens (tertiary/aromatic N) is 2. The number of fused-ring (bicyclic) bond motifs is 4. The summed E-state index contributed by atoms with van der Waals surface area (Å²) in [5.41, 5.74) is 24.9. The lowest BCUT2D eigenvalue weighted by Gasteiger charge is -2.29. The van der Waals surface area contributed by atoms with Gasteiger partial charge in [0.1, 0.15) is 0 Å². The van der Waals surface area contributed by atoms with Crippen LogP contribution in [0.25, 0.3) is 50.1 Å². The summed E-state index contributed by atoms with van der Waals surface area (Å²) in [5, 5.41) is 0. The van der Waals surface area contributed by atoms with Crippen molar-refractivity contribution in [2.24, 2.45) is 0 Å². The smallest absolute Gasteiger partial charge is 0.0467 e. The van der Waals surface area contributed by atoms with Crippen LogP contribution in [-0.4, -0.2) is 0 Å². The molecule has 0 saturated carbocycles. The van der Waals surface area contributed by atoms with Gasteiger partial charge in [0, 0.05) is 45.0 Å². The molecule has 0 radical (unpaired) electrons. The maximum Gasteiger partial charge on any atom is 0.0467 e. The van der Waals surface area contributed by atoms with Gasteiger partial charge in [-0.15, -0.1) is 0 Å². The average molecular weight is 851 g/mol. The van der Waals surface area contributed by atoms with E-state index in [1.165, 1.54) is 83.6 Å². The zero-order chi connectivity index (χ0) is 45.2. The quantitative estimate of drug-likeness (QED) is 0.143. The third-order valence-corrected chi connectivity index (χ3v) is 14.7. The van der Waals surface area contributed by atoms with Crippen molar-refractivity contribution in [2.45, 2.75) is 52.4 Å². The lowest BCUT2D eigenvalue weighted by molar-refractivity contribution is 0.639. The minimum atomic E-state index is -0.0818. The van der Waals surface area contributed by atoms with Crippen LogP contribution in [0.4, 0.5) is 34.1 Å². The molecule has 0 amide bonds. The maximum atomic E-state index is 2.40. The Morgan fingerprint density at radius 2 is 0.652 bits per heavy atom. The van der Waals surface area contributed by atoms with Gasteiger partial charge in [0.05, 0.1) is 0 Å². The molecular formula is C64H54N2. The van der Waals surface area contributed by atoms with Gasteiger partial charge in [0.25, 0.3) is 0 Å². The monoisotopic (exact) mass is 850 g/mol. The molecule has 0 fully saturated rings. The minimum Gasteiger partial charge on any atom is -0.310 e. The number of rotatable bonds is 9. The first-order chi connectivity index (χ1) is 32.1. The number of para-hydroxylation sites is 2. The topological polar surface area (TPSA) is 6.48 Å². The van der Waals surface area contributed by atoms with Gasteiger partial charge in [0.2, 0.25) is 0 Å². The number of hydrogen-bond donors (Lipinski definition) is 0. The minimum absolute atomic E-state index is 0.00701. The van der Waals surface area contributed by atoms with Crippen LogP contribution in [0.5, 0.6) is 0 Å². The van der Waals surface area contributed by atoms with Crippen molar-refractivity contribution in [1.82, 2.24) is 0 Å². The van der Waals surface area contributed by atoms with E-state index in [0.29, 0.717) is 0 Å². The van der Waals surface area contributed by atoms with E-state index >= 15 is 0 Å². The van der Waals surface area contributed by atoms with Crippen molar-refractivity contribution in [3.63, 3.8) is 0 Å². The summed E-state index contributed by atoms with van der Waals surface area (Å²) < 4.78 is 0. The summed E-state index contributed by atoms with van der Waals surface area (Å²) in [7, 11) is 0. The van der Waals surface area contributed by atoms with Crippen LogP contribution in [0.1, 0.15) is 63.8 Å². The molecule has 0 aromatic heterocycles. The molecule has 9 aromatic rings. The van der Waals surface area contributed by atoms with Gasteiger partial charge in [0.15, 0.2) is 0 Å². The second-order valence-electron chi connectivity index (χ2n) is 19.1. The predicted molar refractivity (Wildman–Crippen MR) is 281 cm³/mol. The third kappa shape index (κ3) is 6.96. The third-order valence-electron chi connectivity index (χ3n) is 14.7. The van der Waals surface area contributed by atoms with Crippen LogP contribution in [0, 0.1) is 0 Å². The molecule has 0 atom stereocenters. The standard InChI is InChI=1S/C64H54N2/c1-43-44(2)63(3,4)61-41-55(35-37-57(43)61)65(51-19-9-7-10-20-51)53-23-15-17-49(39-53)47-31-27-45(28-32-47)46-29-33-48(34-30-46)50-18-16-24-54(40-50)66(52-21-11-8-12-22-52)56-36-38-59-58-25-13-14-26-60(58)64(5,6)62(59)42-56/h7-42H,1-6H3. The van der Waals surface area contributed by atoms with E-state index in [2.05, 4.69) is 270 Å². The van der Waals surface area contributed by atoms with Gasteiger partial charge in [-0.3, -0.25) is 0 Å². The normalized spacial score (nSPS) is 14.1. The molecule has 0 N–H and O–H groups in total. The van der Waals surface area contributed by atoms with Crippen molar-refractivity contribution in [1.29, 1.82) is 0 Å². The van der Waals surface area contributed by atoms with E-state index in [1.807, 2.05) is 0 Å². The fourth-order valence-corrected chi connectivity index (χ4v) is 10.6. The number of allylic oxidation sites excluding steroid dienone is 2. The second kappa shape index (κ2) is 16.1. The van der Waals surface area contributed by atoms with E-state index in [4.69, 9.17) is 0 Å². The zero-order valence-corrected chi connectivity index (χ0v) is 38.7. The zero-order valence-electron chi connectivity index (χ0n) is 38.7. The Hall–Kier alpha value is -7.68. The van der Waals surface area contributed by atoms with Crippen molar-refractivity contribution in [3.8, 4) is 44.5 Å². The van der Waals surface area contributed by atoms with Crippen molar-refractivity contribution < 1.29 is 0 Å². The molecule has 66 heavy (non-hydrogen) atoms. The molecule has 0 unspecified atom stereocenters. The van der Waals surface area contributed by atoms with Crippen LogP contribution in [-0.2, 0) is 10.8 Å². The number of hydrogen-bond acceptors (Lipinski definition) is 2. The van der Waals surface area contributed by atoms with Crippen molar-refractivity contribution in [3.05, 3.63) is 246 Å². The molecule has 2 aliphatic rings. The first-order valence-electron chi connectivity index (χ1n) is 23.3. The molecule has 9 aromatic carbocycles. The molecule has 2 aliphatic carbocycles. The first kappa shape index (κ1) is 41.1. The Labute approximate surface area is 390 Å². The molecule has 320 valence electrons. The Morgan fingerprint density at radius 3 is 1.15 bits per heavy atom. The molecule has 0 bridgehead atoms. The average Bonchev–Trinajstić information content (AvgIpc) is 3.69. The van der Waals surface area contributed by atoms with Crippen molar-refractivity contribution >= 4 is 39.7 Å². The lowest BCUT2D eigenvalue weighted by atomic mass is 9.82. The van der Waals surface area contributed by atoms with Crippen molar-refractivity contribution in [2.75, 3.05) is 9.80 Å². The summed E-state index contributed by atoms with van der Waals surface area (Å²) >= 11 is 0. The Kier molecular flexibility index (Phi) is 10.0. The summed E-state index contributed by atoms with van der Waals surface area (Å²) in [5.74, 6) is 0. The Morgan fingerprint density at radius 1 is 0.273 bits per heavy atom. The second-order valence-corrected chi connectivity index (χ2v) is 19.1. The van der Waals surface area contributed by atoms with Gasteiger partial charge >= 0.3 is 0 Å². The van der Waals surface area contributed by atoms with Gasteiger partial charge in [-0.1, -0.05) is 179 Å². The summed E-state index contributed by atoms with van der Waals surface area (Å²) in [6, 6.07) is 80.2. The van der Waals surface area contributed by atoms with Crippen LogP contribution in [0.2, 0.25) is 0 Å². The number of benzene rings is 9. The number of anilines is 6. The van der Waals surface area contributed by atoms with Gasteiger partial charge < -0.3 is 9.80 Å². The predicted octanol–water partition coefficient (Wildman–Crippen LogP) is 18.0. The molecule has 0 saturated heterocycles. The lowest BCUT2D eigenvalue weighted by Crippen LogP contribution is -2.17. The molecule has 11 rings (SSSR count). The summed E-state index contributed by atoms with van der Waals surface area (Å²) in [6.07, 6.45) is 0. The first-order valence-corrected chi connectivity index (χ1v) is 23.3.